The van der Waals surface area contributed by atoms with Gasteiger partial charge < -0.3 is 19.4 Å². The molecule has 2 saturated heterocycles. The standard InChI is InChI=1S/C41H45N7O4/c1-40(2,3)51-38(49)47-32-16-26(32)18-34(47)36-42-20-30(45-36)23-9-7-22(8-10-23)24-11-13-28-25(15-24)12-14-29(44-28)31-21-43-37(46-31)35-19-27-17-33(27)48(35)39(50)52-41(4,5)6/h7-15,20-21,26-27,32-35H,16-19H2,1-6H3,(H,42,45)(H,43,46)/t26-,27?,32?,33-,34+,35+/m1/s1. The Kier molecular flexibility index (Phi) is 7.33. The van der Waals surface area contributed by atoms with Crippen molar-refractivity contribution in [1.29, 1.82) is 0 Å². The summed E-state index contributed by atoms with van der Waals surface area (Å²) in [7, 11) is 0. The molecule has 2 unspecified atom stereocenters. The predicted octanol–water partition coefficient (Wildman–Crippen LogP) is 8.82. The summed E-state index contributed by atoms with van der Waals surface area (Å²) in [6, 6.07) is 19.1. The van der Waals surface area contributed by atoms with Crippen LogP contribution in [0.2, 0.25) is 0 Å². The van der Waals surface area contributed by atoms with Crippen LogP contribution in [0.5, 0.6) is 0 Å². The van der Waals surface area contributed by atoms with Crippen LogP contribution in [0.4, 0.5) is 9.59 Å². The van der Waals surface area contributed by atoms with Gasteiger partial charge in [0.2, 0.25) is 0 Å². The Morgan fingerprint density at radius 3 is 1.75 bits per heavy atom. The van der Waals surface area contributed by atoms with Crippen molar-refractivity contribution >= 4 is 23.1 Å². The van der Waals surface area contributed by atoms with Gasteiger partial charge in [-0.2, -0.15) is 0 Å². The molecule has 2 aliphatic heterocycles. The van der Waals surface area contributed by atoms with Gasteiger partial charge in [-0.3, -0.25) is 9.80 Å². The average Bonchev–Trinajstić information content (AvgIpc) is 3.68. The molecule has 2 aromatic carbocycles. The van der Waals surface area contributed by atoms with E-state index in [1.165, 1.54) is 0 Å². The van der Waals surface area contributed by atoms with Crippen LogP contribution in [-0.2, 0) is 9.47 Å². The number of nitrogens with zero attached hydrogens (tertiary/aromatic N) is 5. The minimum atomic E-state index is -0.545. The molecule has 0 radical (unpaired) electrons. The van der Waals surface area contributed by atoms with Crippen molar-refractivity contribution in [3.63, 3.8) is 0 Å². The lowest BCUT2D eigenvalue weighted by Crippen LogP contribution is -2.38. The number of hydrogen-bond acceptors (Lipinski definition) is 7. The van der Waals surface area contributed by atoms with E-state index >= 15 is 0 Å². The first-order chi connectivity index (χ1) is 24.8. The Hall–Kier alpha value is -5.19. The van der Waals surface area contributed by atoms with Crippen molar-refractivity contribution in [2.75, 3.05) is 0 Å². The van der Waals surface area contributed by atoms with Crippen molar-refractivity contribution in [2.24, 2.45) is 11.8 Å². The number of carbonyl (C=O) groups is 2. The zero-order valence-electron chi connectivity index (χ0n) is 30.5. The van der Waals surface area contributed by atoms with E-state index in [9.17, 15) is 9.59 Å². The fourth-order valence-corrected chi connectivity index (χ4v) is 8.14. The number of imidazole rings is 2. The maximum atomic E-state index is 13.1. The van der Waals surface area contributed by atoms with E-state index in [4.69, 9.17) is 24.4 Å². The van der Waals surface area contributed by atoms with E-state index < -0.39 is 11.2 Å². The molecule has 3 aromatic heterocycles. The summed E-state index contributed by atoms with van der Waals surface area (Å²) in [5.41, 5.74) is 5.59. The van der Waals surface area contributed by atoms with E-state index in [0.717, 1.165) is 82.0 Å². The van der Waals surface area contributed by atoms with Gasteiger partial charge in [-0.1, -0.05) is 36.4 Å². The molecule has 0 spiro atoms. The highest BCUT2D eigenvalue weighted by atomic mass is 16.6. The van der Waals surface area contributed by atoms with Crippen molar-refractivity contribution in [3.05, 3.63) is 78.6 Å². The van der Waals surface area contributed by atoms with E-state index in [1.54, 1.807) is 0 Å². The minimum Gasteiger partial charge on any atom is -0.444 e. The van der Waals surface area contributed by atoms with Gasteiger partial charge in [0.15, 0.2) is 0 Å². The molecule has 52 heavy (non-hydrogen) atoms. The number of aromatic nitrogens is 5. The van der Waals surface area contributed by atoms with E-state index in [1.807, 2.05) is 69.8 Å². The quantitative estimate of drug-likeness (QED) is 0.188. The zero-order valence-corrected chi connectivity index (χ0v) is 30.5. The number of benzene rings is 2. The Labute approximate surface area is 303 Å². The number of H-pyrrole nitrogens is 2. The molecular weight excluding hydrogens is 654 g/mol. The summed E-state index contributed by atoms with van der Waals surface area (Å²) >= 11 is 0. The molecular formula is C41H45N7O4. The summed E-state index contributed by atoms with van der Waals surface area (Å²) in [5.74, 6) is 2.62. The molecule has 0 bridgehead atoms. The highest BCUT2D eigenvalue weighted by molar-refractivity contribution is 5.86. The van der Waals surface area contributed by atoms with Crippen LogP contribution >= 0.6 is 0 Å². The molecule has 2 amide bonds. The normalized spacial score (nSPS) is 24.9. The third-order valence-corrected chi connectivity index (χ3v) is 10.7. The van der Waals surface area contributed by atoms with E-state index in [-0.39, 0.29) is 36.4 Å². The Morgan fingerprint density at radius 2 is 1.17 bits per heavy atom. The molecule has 6 atom stereocenters. The van der Waals surface area contributed by atoms with Crippen LogP contribution in [0.1, 0.15) is 91.0 Å². The maximum Gasteiger partial charge on any atom is 0.411 e. The number of aromatic amines is 2. The lowest BCUT2D eigenvalue weighted by Gasteiger charge is -2.29. The number of likely N-dealkylation sites (tertiary alicyclic amines) is 2. The number of hydrogen-bond donors (Lipinski definition) is 2. The van der Waals surface area contributed by atoms with Gasteiger partial charge in [0.1, 0.15) is 22.9 Å². The molecule has 268 valence electrons. The molecule has 5 heterocycles. The van der Waals surface area contributed by atoms with Crippen molar-refractivity contribution in [2.45, 2.75) is 103 Å². The largest absolute Gasteiger partial charge is 0.444 e. The Balaban J connectivity index is 0.890. The topological polar surface area (TPSA) is 129 Å². The lowest BCUT2D eigenvalue weighted by molar-refractivity contribution is 0.0164. The molecule has 2 N–H and O–H groups in total. The number of fused-ring (bicyclic) bond motifs is 3. The number of piperidine rings is 2. The second kappa shape index (κ2) is 11.7. The summed E-state index contributed by atoms with van der Waals surface area (Å²) in [4.78, 5) is 51.2. The first-order valence-corrected chi connectivity index (χ1v) is 18.4. The van der Waals surface area contributed by atoms with Gasteiger partial charge in [0.25, 0.3) is 0 Å². The second-order valence-corrected chi connectivity index (χ2v) is 17.0. The Bertz CT molecular complexity index is 2190. The predicted molar refractivity (Wildman–Crippen MR) is 197 cm³/mol. The maximum absolute atomic E-state index is 13.1. The fraction of sp³-hybridized carbons (Fsp3) is 0.439. The van der Waals surface area contributed by atoms with Crippen LogP contribution in [0.25, 0.3) is 44.7 Å². The highest BCUT2D eigenvalue weighted by Gasteiger charge is 2.57. The lowest BCUT2D eigenvalue weighted by atomic mass is 10.0. The Morgan fingerprint density at radius 1 is 0.654 bits per heavy atom. The van der Waals surface area contributed by atoms with E-state index in [2.05, 4.69) is 58.5 Å². The molecule has 11 nitrogen and oxygen atoms in total. The molecule has 4 aliphatic rings. The summed E-state index contributed by atoms with van der Waals surface area (Å²) in [6.45, 7) is 11.4. The smallest absolute Gasteiger partial charge is 0.411 e. The number of ether oxygens (including phenoxy) is 2. The van der Waals surface area contributed by atoms with Gasteiger partial charge in [-0.25, -0.2) is 24.5 Å². The van der Waals surface area contributed by atoms with Crippen molar-refractivity contribution in [1.82, 2.24) is 34.7 Å². The highest BCUT2D eigenvalue weighted by Crippen LogP contribution is 2.54. The summed E-state index contributed by atoms with van der Waals surface area (Å²) in [5, 5.41) is 1.04. The van der Waals surface area contributed by atoms with Crippen LogP contribution in [0, 0.1) is 11.8 Å². The second-order valence-electron chi connectivity index (χ2n) is 17.0. The number of carbonyl (C=O) groups excluding carboxylic acids is 2. The molecule has 2 aliphatic carbocycles. The van der Waals surface area contributed by atoms with Crippen LogP contribution in [-0.4, -0.2) is 70.2 Å². The number of pyridine rings is 1. The first kappa shape index (κ1) is 32.7. The van der Waals surface area contributed by atoms with Crippen LogP contribution in [0.3, 0.4) is 0 Å². The van der Waals surface area contributed by atoms with Crippen LogP contribution in [0.15, 0.2) is 67.0 Å². The number of amides is 2. The molecule has 2 saturated carbocycles. The molecule has 5 aromatic rings. The molecule has 4 fully saturated rings. The number of nitrogens with one attached hydrogen (secondary N) is 2. The third-order valence-electron chi connectivity index (χ3n) is 10.7. The average molecular weight is 700 g/mol. The van der Waals surface area contributed by atoms with Crippen molar-refractivity contribution in [3.8, 4) is 33.8 Å². The van der Waals surface area contributed by atoms with Crippen molar-refractivity contribution < 1.29 is 19.1 Å². The van der Waals surface area contributed by atoms with Gasteiger partial charge in [0.05, 0.1) is 47.1 Å². The zero-order chi connectivity index (χ0) is 36.1. The summed E-state index contributed by atoms with van der Waals surface area (Å²) in [6.07, 6.45) is 7.02. The van der Waals surface area contributed by atoms with Gasteiger partial charge >= 0.3 is 12.2 Å². The van der Waals surface area contributed by atoms with Crippen LogP contribution < -0.4 is 0 Å². The monoisotopic (exact) mass is 699 g/mol. The first-order valence-electron chi connectivity index (χ1n) is 18.4. The third kappa shape index (κ3) is 6.09. The van der Waals surface area contributed by atoms with Gasteiger partial charge in [-0.05, 0) is 114 Å². The van der Waals surface area contributed by atoms with E-state index in [0.29, 0.717) is 11.8 Å². The SMILES string of the molecule is CC(C)(C)OC(=O)N1C2C[C@@H]2C[C@H]1c1ncc(-c2ccc(-c3ccc4nc(-c5cnc([C@@H]6CC7C[C@H]7N6C(=O)OC(C)(C)C)[nH]5)ccc4c3)cc2)[nH]1. The van der Waals surface area contributed by atoms with Gasteiger partial charge in [-0.15, -0.1) is 0 Å². The number of rotatable bonds is 5. The summed E-state index contributed by atoms with van der Waals surface area (Å²) < 4.78 is 11.5. The van der Waals surface area contributed by atoms with Gasteiger partial charge in [0, 0.05) is 17.5 Å². The molecule has 11 heteroatoms. The minimum absolute atomic E-state index is 0.0963. The molecule has 9 rings (SSSR count). The fourth-order valence-electron chi connectivity index (χ4n) is 8.14.